The third-order valence-corrected chi connectivity index (χ3v) is 5.25. The lowest BCUT2D eigenvalue weighted by atomic mass is 10.1. The molecule has 0 aliphatic heterocycles. The summed E-state index contributed by atoms with van der Waals surface area (Å²) >= 11 is 13.9. The molecule has 0 bridgehead atoms. The van der Waals surface area contributed by atoms with Gasteiger partial charge in [-0.25, -0.2) is 4.98 Å². The molecule has 22 heavy (non-hydrogen) atoms. The van der Waals surface area contributed by atoms with Gasteiger partial charge in [-0.2, -0.15) is 0 Å². The van der Waals surface area contributed by atoms with E-state index < -0.39 is 0 Å². The number of halogens is 2. The predicted octanol–water partition coefficient (Wildman–Crippen LogP) is 5.72. The zero-order valence-corrected chi connectivity index (χ0v) is 14.0. The zero-order valence-electron chi connectivity index (χ0n) is 11.7. The minimum atomic E-state index is 0.271. The van der Waals surface area contributed by atoms with Gasteiger partial charge in [0.25, 0.3) is 0 Å². The van der Waals surface area contributed by atoms with Gasteiger partial charge in [-0.15, -0.1) is 11.8 Å². The molecule has 2 nitrogen and oxygen atoms in total. The quantitative estimate of drug-likeness (QED) is 0.548. The van der Waals surface area contributed by atoms with Crippen LogP contribution in [0.2, 0.25) is 10.0 Å². The molecule has 1 heterocycles. The first kappa shape index (κ1) is 15.5. The van der Waals surface area contributed by atoms with E-state index in [1.165, 1.54) is 5.56 Å². The molecule has 0 fully saturated rings. The first-order valence-corrected chi connectivity index (χ1v) is 8.48. The van der Waals surface area contributed by atoms with E-state index in [1.54, 1.807) is 18.0 Å². The Morgan fingerprint density at radius 1 is 1.05 bits per heavy atom. The Balaban J connectivity index is 1.86. The van der Waals surface area contributed by atoms with Crippen LogP contribution >= 0.6 is 35.0 Å². The third kappa shape index (κ3) is 3.86. The van der Waals surface area contributed by atoms with Crippen molar-refractivity contribution in [2.24, 2.45) is 0 Å². The van der Waals surface area contributed by atoms with E-state index in [9.17, 15) is 0 Å². The molecule has 0 saturated heterocycles. The van der Waals surface area contributed by atoms with E-state index in [0.29, 0.717) is 10.0 Å². The molecule has 1 unspecified atom stereocenters. The second-order valence-electron chi connectivity index (χ2n) is 4.85. The van der Waals surface area contributed by atoms with Gasteiger partial charge in [0.05, 0.1) is 21.6 Å². The van der Waals surface area contributed by atoms with Gasteiger partial charge < -0.3 is 4.57 Å². The standard InChI is InChI=1S/C17H14Cl2N2S/c18-15-7-6-14(10-16(15)19)22-17(11-21-9-8-20-12-21)13-4-2-1-3-5-13/h1-10,12,17H,11H2. The number of benzene rings is 2. The Morgan fingerprint density at radius 3 is 2.55 bits per heavy atom. The van der Waals surface area contributed by atoms with Crippen molar-refractivity contribution in [1.82, 2.24) is 9.55 Å². The van der Waals surface area contributed by atoms with Crippen molar-refractivity contribution < 1.29 is 0 Å². The van der Waals surface area contributed by atoms with Crippen molar-refractivity contribution in [1.29, 1.82) is 0 Å². The van der Waals surface area contributed by atoms with E-state index in [1.807, 2.05) is 36.8 Å². The summed E-state index contributed by atoms with van der Waals surface area (Å²) in [7, 11) is 0. The Hall–Kier alpha value is -1.42. The van der Waals surface area contributed by atoms with Gasteiger partial charge >= 0.3 is 0 Å². The summed E-state index contributed by atoms with van der Waals surface area (Å²) in [4.78, 5) is 5.22. The molecule has 5 heteroatoms. The van der Waals surface area contributed by atoms with Gasteiger partial charge in [0.2, 0.25) is 0 Å². The highest BCUT2D eigenvalue weighted by atomic mass is 35.5. The Morgan fingerprint density at radius 2 is 1.86 bits per heavy atom. The molecule has 0 aliphatic carbocycles. The van der Waals surface area contributed by atoms with Crippen LogP contribution in [0.4, 0.5) is 0 Å². The minimum absolute atomic E-state index is 0.271. The molecule has 0 N–H and O–H groups in total. The number of rotatable bonds is 5. The first-order valence-electron chi connectivity index (χ1n) is 6.85. The average Bonchev–Trinajstić information content (AvgIpc) is 3.04. The number of nitrogens with zero attached hydrogens (tertiary/aromatic N) is 2. The number of aromatic nitrogens is 2. The lowest BCUT2D eigenvalue weighted by molar-refractivity contribution is 0.683. The van der Waals surface area contributed by atoms with Crippen LogP contribution in [0.1, 0.15) is 10.8 Å². The number of imidazole rings is 1. The van der Waals surface area contributed by atoms with Crippen molar-refractivity contribution in [3.63, 3.8) is 0 Å². The first-order chi connectivity index (χ1) is 10.7. The molecule has 3 aromatic rings. The highest BCUT2D eigenvalue weighted by Gasteiger charge is 2.14. The van der Waals surface area contributed by atoms with E-state index in [4.69, 9.17) is 23.2 Å². The van der Waals surface area contributed by atoms with E-state index in [2.05, 4.69) is 33.8 Å². The van der Waals surface area contributed by atoms with Crippen LogP contribution in [0.5, 0.6) is 0 Å². The molecule has 2 aromatic carbocycles. The normalized spacial score (nSPS) is 12.3. The van der Waals surface area contributed by atoms with Gasteiger partial charge in [-0.05, 0) is 23.8 Å². The molecule has 0 amide bonds. The molecule has 1 atom stereocenters. The lowest BCUT2D eigenvalue weighted by Gasteiger charge is -2.18. The summed E-state index contributed by atoms with van der Waals surface area (Å²) in [5.41, 5.74) is 1.27. The summed E-state index contributed by atoms with van der Waals surface area (Å²) in [6.07, 6.45) is 5.61. The zero-order chi connectivity index (χ0) is 15.4. The Bertz CT molecular complexity index is 730. The van der Waals surface area contributed by atoms with Crippen LogP contribution < -0.4 is 0 Å². The highest BCUT2D eigenvalue weighted by Crippen LogP contribution is 2.38. The van der Waals surface area contributed by atoms with Crippen molar-refractivity contribution in [2.45, 2.75) is 16.7 Å². The van der Waals surface area contributed by atoms with Crippen LogP contribution in [0.15, 0.2) is 72.1 Å². The van der Waals surface area contributed by atoms with Gasteiger partial charge in [-0.3, -0.25) is 0 Å². The highest BCUT2D eigenvalue weighted by molar-refractivity contribution is 7.99. The summed E-state index contributed by atoms with van der Waals surface area (Å²) in [5, 5.41) is 1.44. The lowest BCUT2D eigenvalue weighted by Crippen LogP contribution is -2.04. The van der Waals surface area contributed by atoms with Gasteiger partial charge in [0, 0.05) is 23.8 Å². The third-order valence-electron chi connectivity index (χ3n) is 3.28. The Kier molecular flexibility index (Phi) is 5.08. The predicted molar refractivity (Wildman–Crippen MR) is 93.7 cm³/mol. The van der Waals surface area contributed by atoms with Crippen LogP contribution in [-0.2, 0) is 6.54 Å². The molecule has 1 aromatic heterocycles. The van der Waals surface area contributed by atoms with Gasteiger partial charge in [0.1, 0.15) is 0 Å². The fraction of sp³-hybridized carbons (Fsp3) is 0.118. The van der Waals surface area contributed by atoms with Crippen molar-refractivity contribution in [2.75, 3.05) is 0 Å². The molecule has 3 rings (SSSR count). The molecule has 0 saturated carbocycles. The second-order valence-corrected chi connectivity index (χ2v) is 6.94. The van der Waals surface area contributed by atoms with Crippen molar-refractivity contribution in [3.05, 3.63) is 82.9 Å². The van der Waals surface area contributed by atoms with Crippen LogP contribution in [0.3, 0.4) is 0 Å². The molecular formula is C17H14Cl2N2S. The van der Waals surface area contributed by atoms with Crippen LogP contribution in [-0.4, -0.2) is 9.55 Å². The van der Waals surface area contributed by atoms with E-state index in [-0.39, 0.29) is 5.25 Å². The van der Waals surface area contributed by atoms with E-state index >= 15 is 0 Å². The van der Waals surface area contributed by atoms with E-state index in [0.717, 1.165) is 11.4 Å². The largest absolute Gasteiger partial charge is 0.336 e. The van der Waals surface area contributed by atoms with Gasteiger partial charge in [0.15, 0.2) is 0 Å². The van der Waals surface area contributed by atoms with Crippen molar-refractivity contribution >= 4 is 35.0 Å². The molecule has 112 valence electrons. The van der Waals surface area contributed by atoms with Crippen molar-refractivity contribution in [3.8, 4) is 0 Å². The van der Waals surface area contributed by atoms with Gasteiger partial charge in [-0.1, -0.05) is 53.5 Å². The minimum Gasteiger partial charge on any atom is -0.336 e. The Labute approximate surface area is 144 Å². The maximum atomic E-state index is 6.13. The molecule has 0 radical (unpaired) electrons. The molecule has 0 aliphatic rings. The maximum absolute atomic E-state index is 6.13. The smallest absolute Gasteiger partial charge is 0.0946 e. The number of hydrogen-bond acceptors (Lipinski definition) is 2. The van der Waals surface area contributed by atoms with Crippen LogP contribution in [0.25, 0.3) is 0 Å². The van der Waals surface area contributed by atoms with Crippen LogP contribution in [0, 0.1) is 0 Å². The number of hydrogen-bond donors (Lipinski definition) is 0. The summed E-state index contributed by atoms with van der Waals surface area (Å²) < 4.78 is 2.09. The second kappa shape index (κ2) is 7.23. The average molecular weight is 349 g/mol. The topological polar surface area (TPSA) is 17.8 Å². The summed E-state index contributed by atoms with van der Waals surface area (Å²) in [6.45, 7) is 0.842. The fourth-order valence-electron chi connectivity index (χ4n) is 2.18. The molecular weight excluding hydrogens is 335 g/mol. The summed E-state index contributed by atoms with van der Waals surface area (Å²) in [6, 6.07) is 16.2. The maximum Gasteiger partial charge on any atom is 0.0946 e. The number of thioether (sulfide) groups is 1. The fourth-order valence-corrected chi connectivity index (χ4v) is 3.74. The summed E-state index contributed by atoms with van der Waals surface area (Å²) in [5.74, 6) is 0. The molecule has 0 spiro atoms. The SMILES string of the molecule is Clc1ccc(SC(Cn2ccnc2)c2ccccc2)cc1Cl. The monoisotopic (exact) mass is 348 g/mol.